The maximum atomic E-state index is 14.2. The summed E-state index contributed by atoms with van der Waals surface area (Å²) >= 11 is 0. The molecule has 0 aromatic carbocycles. The zero-order valence-electron chi connectivity index (χ0n) is 23.3. The van der Waals surface area contributed by atoms with Crippen LogP contribution in [0.5, 0.6) is 0 Å². The average Bonchev–Trinajstić information content (AvgIpc) is 3.34. The molecule has 228 valence electrons. The number of morpholine rings is 1. The highest BCUT2D eigenvalue weighted by Crippen LogP contribution is 2.38. The van der Waals surface area contributed by atoms with E-state index in [1.807, 2.05) is 17.9 Å². The molecule has 17 heteroatoms. The smallest absolute Gasteiger partial charge is 0.417 e. The molecule has 5 rings (SSSR count). The van der Waals surface area contributed by atoms with Crippen LogP contribution in [0.15, 0.2) is 24.5 Å². The lowest BCUT2D eigenvalue weighted by Gasteiger charge is -2.34. The number of pyridine rings is 1. The van der Waals surface area contributed by atoms with Crippen molar-refractivity contribution in [2.75, 3.05) is 69.5 Å². The quantitative estimate of drug-likeness (QED) is 0.442. The molecule has 13 nitrogen and oxygen atoms in total. The molecule has 0 radical (unpaired) electrons. The average molecular weight is 613 g/mol. The van der Waals surface area contributed by atoms with Crippen molar-refractivity contribution in [1.82, 2.24) is 28.8 Å². The summed E-state index contributed by atoms with van der Waals surface area (Å²) in [5.74, 6) is -0.0707. The summed E-state index contributed by atoms with van der Waals surface area (Å²) in [5, 5.41) is 6.61. The highest BCUT2D eigenvalue weighted by molar-refractivity contribution is 7.88. The van der Waals surface area contributed by atoms with E-state index in [1.165, 1.54) is 15.1 Å². The van der Waals surface area contributed by atoms with Crippen LogP contribution in [-0.2, 0) is 32.2 Å². The maximum absolute atomic E-state index is 14.2. The van der Waals surface area contributed by atoms with E-state index in [4.69, 9.17) is 4.74 Å². The number of carbonyl (C=O) groups excluding carboxylic acids is 1. The van der Waals surface area contributed by atoms with Gasteiger partial charge in [-0.1, -0.05) is 0 Å². The molecule has 3 aromatic rings. The van der Waals surface area contributed by atoms with E-state index in [-0.39, 0.29) is 23.2 Å². The molecule has 1 atom stereocenters. The van der Waals surface area contributed by atoms with E-state index < -0.39 is 27.9 Å². The van der Waals surface area contributed by atoms with Gasteiger partial charge >= 0.3 is 12.3 Å². The van der Waals surface area contributed by atoms with Crippen LogP contribution in [0.1, 0.15) is 18.1 Å². The van der Waals surface area contributed by atoms with E-state index in [2.05, 4.69) is 30.0 Å². The number of amides is 1. The first-order chi connectivity index (χ1) is 19.8. The standard InChI is InChI=1S/C25H31F3N8O5S/c1-16-15-41-9-8-35(16)23-20-10-17(13-33-4-6-34(7-5-33)42(3,38)39)14-36(20)32-22(31-23)18-12-29-21(30-24(37)40-2)11-19(18)25(26,27)28/h10-12,14,16H,4-9,13,15H2,1-3H3,(H,29,30,37)/t16-/m0/s1. The van der Waals surface area contributed by atoms with Crippen molar-refractivity contribution < 1.29 is 35.9 Å². The molecular weight excluding hydrogens is 581 g/mol. The first kappa shape index (κ1) is 29.9. The highest BCUT2D eigenvalue weighted by Gasteiger charge is 2.36. The van der Waals surface area contributed by atoms with Gasteiger partial charge in [0, 0.05) is 51.7 Å². The number of alkyl halides is 3. The predicted molar refractivity (Wildman–Crippen MR) is 147 cm³/mol. The molecule has 3 aromatic heterocycles. The van der Waals surface area contributed by atoms with E-state index in [9.17, 15) is 26.4 Å². The second-order valence-electron chi connectivity index (χ2n) is 10.2. The van der Waals surface area contributed by atoms with E-state index in [1.54, 1.807) is 6.20 Å². The summed E-state index contributed by atoms with van der Waals surface area (Å²) in [6.45, 7) is 5.60. The van der Waals surface area contributed by atoms with E-state index in [0.29, 0.717) is 69.9 Å². The second-order valence-corrected chi connectivity index (χ2v) is 12.2. The number of nitrogens with one attached hydrogen (secondary N) is 1. The van der Waals surface area contributed by atoms with Gasteiger partial charge in [-0.2, -0.15) is 17.5 Å². The lowest BCUT2D eigenvalue weighted by Crippen LogP contribution is -2.47. The van der Waals surface area contributed by atoms with Gasteiger partial charge < -0.3 is 14.4 Å². The first-order valence-corrected chi connectivity index (χ1v) is 15.0. The maximum Gasteiger partial charge on any atom is 0.417 e. The third-order valence-corrected chi connectivity index (χ3v) is 8.52. The first-order valence-electron chi connectivity index (χ1n) is 13.2. The molecule has 0 aliphatic carbocycles. The van der Waals surface area contributed by atoms with Crippen molar-refractivity contribution in [2.45, 2.75) is 25.7 Å². The van der Waals surface area contributed by atoms with Gasteiger partial charge in [-0.3, -0.25) is 10.2 Å². The number of nitrogens with zero attached hydrogens (tertiary/aromatic N) is 7. The van der Waals surface area contributed by atoms with Crippen LogP contribution in [0.2, 0.25) is 0 Å². The van der Waals surface area contributed by atoms with Gasteiger partial charge in [-0.05, 0) is 24.6 Å². The highest BCUT2D eigenvalue weighted by atomic mass is 32.2. The SMILES string of the molecule is COC(=O)Nc1cc(C(F)(F)F)c(-c2nc(N3CCOC[C@@H]3C)c3cc(CN4CCN(S(C)(=O)=O)CC4)cn3n2)cn1. The van der Waals surface area contributed by atoms with Gasteiger partial charge in [0.05, 0.1) is 43.7 Å². The van der Waals surface area contributed by atoms with Crippen LogP contribution < -0.4 is 10.2 Å². The number of ether oxygens (including phenoxy) is 2. The summed E-state index contributed by atoms with van der Waals surface area (Å²) in [5.41, 5.74) is 0.0421. The molecule has 5 heterocycles. The number of fused-ring (bicyclic) bond motifs is 1. The van der Waals surface area contributed by atoms with Crippen molar-refractivity contribution in [1.29, 1.82) is 0 Å². The van der Waals surface area contributed by atoms with Crippen molar-refractivity contribution >= 4 is 33.3 Å². The van der Waals surface area contributed by atoms with Crippen LogP contribution >= 0.6 is 0 Å². The third kappa shape index (κ3) is 6.43. The molecule has 1 N–H and O–H groups in total. The number of anilines is 2. The van der Waals surface area contributed by atoms with E-state index in [0.717, 1.165) is 18.9 Å². The summed E-state index contributed by atoms with van der Waals surface area (Å²) in [7, 11) is -2.18. The minimum atomic E-state index is -4.80. The van der Waals surface area contributed by atoms with Crippen LogP contribution in [-0.4, -0.2) is 109 Å². The van der Waals surface area contributed by atoms with Gasteiger partial charge in [0.25, 0.3) is 0 Å². The van der Waals surface area contributed by atoms with Crippen molar-refractivity contribution in [3.05, 3.63) is 35.7 Å². The molecule has 2 saturated heterocycles. The van der Waals surface area contributed by atoms with Crippen LogP contribution in [0, 0.1) is 0 Å². The van der Waals surface area contributed by atoms with Gasteiger partial charge in [0.15, 0.2) is 11.6 Å². The topological polar surface area (TPSA) is 134 Å². The molecule has 42 heavy (non-hydrogen) atoms. The van der Waals surface area contributed by atoms with Crippen molar-refractivity contribution in [2.24, 2.45) is 0 Å². The predicted octanol–water partition coefficient (Wildman–Crippen LogP) is 2.29. The minimum absolute atomic E-state index is 0.0976. The number of halogens is 3. The summed E-state index contributed by atoms with van der Waals surface area (Å²) in [6, 6.07) is 2.52. The van der Waals surface area contributed by atoms with Gasteiger partial charge in [-0.15, -0.1) is 5.10 Å². The van der Waals surface area contributed by atoms with Crippen LogP contribution in [0.4, 0.5) is 29.6 Å². The van der Waals surface area contributed by atoms with Gasteiger partial charge in [0.2, 0.25) is 10.0 Å². The minimum Gasteiger partial charge on any atom is -0.453 e. The van der Waals surface area contributed by atoms with Crippen LogP contribution in [0.25, 0.3) is 16.9 Å². The number of hydrogen-bond donors (Lipinski definition) is 1. The monoisotopic (exact) mass is 612 g/mol. The molecule has 0 bridgehead atoms. The number of carbonyl (C=O) groups is 1. The third-order valence-electron chi connectivity index (χ3n) is 7.21. The Morgan fingerprint density at radius 2 is 1.93 bits per heavy atom. The molecule has 2 aliphatic rings. The van der Waals surface area contributed by atoms with Crippen LogP contribution in [0.3, 0.4) is 0 Å². The molecule has 2 fully saturated rings. The molecule has 1 amide bonds. The Bertz CT molecular complexity index is 1570. The summed E-state index contributed by atoms with van der Waals surface area (Å²) in [4.78, 5) is 24.3. The normalized spacial score (nSPS) is 19.3. The lowest BCUT2D eigenvalue weighted by atomic mass is 10.1. The fraction of sp³-hybridized carbons (Fsp3) is 0.520. The molecular formula is C25H31F3N8O5S. The Morgan fingerprint density at radius 1 is 1.19 bits per heavy atom. The largest absolute Gasteiger partial charge is 0.453 e. The number of sulfonamides is 1. The fourth-order valence-electron chi connectivity index (χ4n) is 5.06. The van der Waals surface area contributed by atoms with Gasteiger partial charge in [0.1, 0.15) is 11.3 Å². The Morgan fingerprint density at radius 3 is 2.57 bits per heavy atom. The Labute approximate surface area is 240 Å². The lowest BCUT2D eigenvalue weighted by molar-refractivity contribution is -0.137. The van der Waals surface area contributed by atoms with Crippen molar-refractivity contribution in [3.63, 3.8) is 0 Å². The molecule has 0 unspecified atom stereocenters. The zero-order valence-corrected chi connectivity index (χ0v) is 24.1. The number of methoxy groups -OCH3 is 1. The number of aromatic nitrogens is 4. The fourth-order valence-corrected chi connectivity index (χ4v) is 5.89. The molecule has 0 saturated carbocycles. The number of rotatable bonds is 6. The number of piperazine rings is 1. The molecule has 0 spiro atoms. The van der Waals surface area contributed by atoms with E-state index >= 15 is 0 Å². The Hall–Kier alpha value is -3.54. The van der Waals surface area contributed by atoms with Gasteiger partial charge in [-0.25, -0.2) is 27.7 Å². The second kappa shape index (κ2) is 11.6. The zero-order chi connectivity index (χ0) is 30.2. The molecule has 2 aliphatic heterocycles. The van der Waals surface area contributed by atoms with Crippen molar-refractivity contribution in [3.8, 4) is 11.4 Å². The number of hydrogen-bond acceptors (Lipinski definition) is 10. The summed E-state index contributed by atoms with van der Waals surface area (Å²) in [6.07, 6.45) is -1.84. The Kier molecular flexibility index (Phi) is 8.28. The summed E-state index contributed by atoms with van der Waals surface area (Å²) < 4.78 is 79.4. The Balaban J connectivity index is 1.55.